The minimum atomic E-state index is 0.605. The molecule has 0 aliphatic heterocycles. The Bertz CT molecular complexity index is 507. The molecule has 0 atom stereocenters. The second-order valence-corrected chi connectivity index (χ2v) is 6.34. The van der Waals surface area contributed by atoms with Gasteiger partial charge < -0.3 is 5.32 Å². The Morgan fingerprint density at radius 2 is 1.79 bits per heavy atom. The van der Waals surface area contributed by atoms with Gasteiger partial charge >= 0.3 is 0 Å². The molecule has 102 valence electrons. The van der Waals surface area contributed by atoms with Gasteiger partial charge in [-0.25, -0.2) is 0 Å². The van der Waals surface area contributed by atoms with Gasteiger partial charge in [0, 0.05) is 10.9 Å². The molecule has 0 aromatic heterocycles. The van der Waals surface area contributed by atoms with Crippen LogP contribution >= 0.6 is 11.8 Å². The Balaban J connectivity index is 1.75. The highest BCUT2D eigenvalue weighted by Gasteiger charge is 1.97. The molecule has 2 aromatic carbocycles. The van der Waals surface area contributed by atoms with Crippen LogP contribution in [0.2, 0.25) is 0 Å². The van der Waals surface area contributed by atoms with Crippen molar-refractivity contribution in [2.75, 3.05) is 12.3 Å². The molecule has 0 aliphatic carbocycles. The van der Waals surface area contributed by atoms with E-state index in [1.54, 1.807) is 0 Å². The van der Waals surface area contributed by atoms with Crippen LogP contribution in [-0.4, -0.2) is 18.3 Å². The lowest BCUT2D eigenvalue weighted by Crippen LogP contribution is -2.23. The van der Waals surface area contributed by atoms with Crippen LogP contribution < -0.4 is 5.32 Å². The number of hydrogen-bond acceptors (Lipinski definition) is 2. The van der Waals surface area contributed by atoms with E-state index >= 15 is 0 Å². The summed E-state index contributed by atoms with van der Waals surface area (Å²) in [6.07, 6.45) is 2.54. The molecule has 0 saturated heterocycles. The Kier molecular flexibility index (Phi) is 5.74. The van der Waals surface area contributed by atoms with E-state index < -0.39 is 0 Å². The fourth-order valence-corrected chi connectivity index (χ4v) is 3.02. The zero-order valence-corrected chi connectivity index (χ0v) is 12.7. The van der Waals surface area contributed by atoms with Crippen LogP contribution in [0, 0.1) is 0 Å². The Labute approximate surface area is 120 Å². The van der Waals surface area contributed by atoms with Crippen LogP contribution in [-0.2, 0) is 0 Å². The molecule has 0 bridgehead atoms. The molecule has 19 heavy (non-hydrogen) atoms. The molecule has 1 N–H and O–H groups in total. The first-order valence-corrected chi connectivity index (χ1v) is 8.09. The molecule has 0 unspecified atom stereocenters. The van der Waals surface area contributed by atoms with Crippen LogP contribution in [0.25, 0.3) is 10.8 Å². The minimum absolute atomic E-state index is 0.605. The summed E-state index contributed by atoms with van der Waals surface area (Å²) in [5.41, 5.74) is 0. The first-order chi connectivity index (χ1) is 9.25. The number of fused-ring (bicyclic) bond motifs is 1. The lowest BCUT2D eigenvalue weighted by Gasteiger charge is -2.07. The summed E-state index contributed by atoms with van der Waals surface area (Å²) in [5.74, 6) is 1.21. The number of benzene rings is 2. The molecule has 0 aliphatic rings. The zero-order chi connectivity index (χ0) is 13.5. The van der Waals surface area contributed by atoms with Gasteiger partial charge in [-0.3, -0.25) is 0 Å². The second kappa shape index (κ2) is 7.56. The lowest BCUT2D eigenvalue weighted by molar-refractivity contribution is 0.567. The minimum Gasteiger partial charge on any atom is -0.315 e. The van der Waals surface area contributed by atoms with Crippen molar-refractivity contribution in [2.24, 2.45) is 0 Å². The quantitative estimate of drug-likeness (QED) is 0.579. The van der Waals surface area contributed by atoms with E-state index in [2.05, 4.69) is 61.6 Å². The maximum atomic E-state index is 3.46. The first kappa shape index (κ1) is 14.4. The van der Waals surface area contributed by atoms with Crippen molar-refractivity contribution in [1.29, 1.82) is 0 Å². The highest BCUT2D eigenvalue weighted by molar-refractivity contribution is 7.99. The fourth-order valence-electron chi connectivity index (χ4n) is 2.07. The zero-order valence-electron chi connectivity index (χ0n) is 11.9. The Morgan fingerprint density at radius 3 is 2.58 bits per heavy atom. The van der Waals surface area contributed by atoms with Crippen molar-refractivity contribution in [3.63, 3.8) is 0 Å². The summed E-state index contributed by atoms with van der Waals surface area (Å²) < 4.78 is 0. The van der Waals surface area contributed by atoms with Crippen molar-refractivity contribution in [1.82, 2.24) is 5.32 Å². The summed E-state index contributed by atoms with van der Waals surface area (Å²) in [4.78, 5) is 1.38. The van der Waals surface area contributed by atoms with Gasteiger partial charge in [-0.1, -0.05) is 44.2 Å². The molecular weight excluding hydrogens is 250 g/mol. The molecule has 0 heterocycles. The van der Waals surface area contributed by atoms with E-state index in [-0.39, 0.29) is 0 Å². The van der Waals surface area contributed by atoms with Crippen LogP contribution in [0.3, 0.4) is 0 Å². The highest BCUT2D eigenvalue weighted by atomic mass is 32.2. The summed E-state index contributed by atoms with van der Waals surface area (Å²) in [7, 11) is 0. The van der Waals surface area contributed by atoms with Crippen LogP contribution in [0.1, 0.15) is 26.7 Å². The van der Waals surface area contributed by atoms with Crippen molar-refractivity contribution in [3.05, 3.63) is 42.5 Å². The van der Waals surface area contributed by atoms with Gasteiger partial charge in [0.2, 0.25) is 0 Å². The third kappa shape index (κ3) is 4.88. The third-order valence-corrected chi connectivity index (χ3v) is 4.19. The van der Waals surface area contributed by atoms with Crippen molar-refractivity contribution in [3.8, 4) is 0 Å². The predicted octanol–water partition coefficient (Wildman–Crippen LogP) is 4.71. The summed E-state index contributed by atoms with van der Waals surface area (Å²) >= 11 is 1.97. The van der Waals surface area contributed by atoms with Gasteiger partial charge in [-0.2, -0.15) is 0 Å². The van der Waals surface area contributed by atoms with Gasteiger partial charge in [0.15, 0.2) is 0 Å². The predicted molar refractivity (Wildman–Crippen MR) is 87.0 cm³/mol. The van der Waals surface area contributed by atoms with E-state index in [0.29, 0.717) is 6.04 Å². The summed E-state index contributed by atoms with van der Waals surface area (Å²) in [5, 5.41) is 6.13. The fraction of sp³-hybridized carbons (Fsp3) is 0.412. The average Bonchev–Trinajstić information content (AvgIpc) is 2.42. The lowest BCUT2D eigenvalue weighted by atomic mass is 10.1. The van der Waals surface area contributed by atoms with Gasteiger partial charge in [0.1, 0.15) is 0 Å². The molecule has 2 heteroatoms. The monoisotopic (exact) mass is 273 g/mol. The number of rotatable bonds is 7. The van der Waals surface area contributed by atoms with E-state index in [1.165, 1.54) is 34.3 Å². The van der Waals surface area contributed by atoms with E-state index in [1.807, 2.05) is 11.8 Å². The maximum absolute atomic E-state index is 3.46. The molecule has 0 fully saturated rings. The van der Waals surface area contributed by atoms with Gasteiger partial charge in [0.25, 0.3) is 0 Å². The van der Waals surface area contributed by atoms with E-state index in [0.717, 1.165) is 6.54 Å². The molecule has 2 rings (SSSR count). The normalized spacial score (nSPS) is 11.3. The molecule has 0 amide bonds. The first-order valence-electron chi connectivity index (χ1n) is 7.11. The van der Waals surface area contributed by atoms with Crippen LogP contribution in [0.15, 0.2) is 47.4 Å². The van der Waals surface area contributed by atoms with Gasteiger partial charge in [0.05, 0.1) is 0 Å². The number of thioether (sulfide) groups is 1. The molecule has 1 nitrogen and oxygen atoms in total. The second-order valence-electron chi connectivity index (χ2n) is 5.17. The van der Waals surface area contributed by atoms with Gasteiger partial charge in [-0.05, 0) is 48.0 Å². The smallest absolute Gasteiger partial charge is 0.00783 e. The Morgan fingerprint density at radius 1 is 1.00 bits per heavy atom. The van der Waals surface area contributed by atoms with Gasteiger partial charge in [-0.15, -0.1) is 11.8 Å². The van der Waals surface area contributed by atoms with Crippen molar-refractivity contribution < 1.29 is 0 Å². The largest absolute Gasteiger partial charge is 0.315 e. The van der Waals surface area contributed by atoms with E-state index in [4.69, 9.17) is 0 Å². The van der Waals surface area contributed by atoms with E-state index in [9.17, 15) is 0 Å². The number of nitrogens with one attached hydrogen (secondary N) is 1. The summed E-state index contributed by atoms with van der Waals surface area (Å²) in [6.45, 7) is 5.53. The standard InChI is InChI=1S/C17H23NS/c1-14(2)18-11-5-6-12-19-17-10-9-15-7-3-4-8-16(15)13-17/h3-4,7-10,13-14,18H,5-6,11-12H2,1-2H3. The van der Waals surface area contributed by atoms with Crippen LogP contribution in [0.5, 0.6) is 0 Å². The topological polar surface area (TPSA) is 12.0 Å². The maximum Gasteiger partial charge on any atom is 0.00783 e. The Hall–Kier alpha value is -0.990. The molecule has 0 radical (unpaired) electrons. The molecular formula is C17H23NS. The average molecular weight is 273 g/mol. The SMILES string of the molecule is CC(C)NCCCCSc1ccc2ccccc2c1. The number of hydrogen-bond donors (Lipinski definition) is 1. The third-order valence-electron chi connectivity index (χ3n) is 3.11. The van der Waals surface area contributed by atoms with Crippen molar-refractivity contribution in [2.45, 2.75) is 37.6 Å². The number of unbranched alkanes of at least 4 members (excludes halogenated alkanes) is 1. The highest BCUT2D eigenvalue weighted by Crippen LogP contribution is 2.24. The summed E-state index contributed by atoms with van der Waals surface area (Å²) in [6, 6.07) is 15.9. The molecule has 2 aromatic rings. The van der Waals surface area contributed by atoms with Crippen LogP contribution in [0.4, 0.5) is 0 Å². The molecule has 0 spiro atoms. The molecule has 0 saturated carbocycles. The van der Waals surface area contributed by atoms with Crippen molar-refractivity contribution >= 4 is 22.5 Å².